The van der Waals surface area contributed by atoms with Crippen molar-refractivity contribution in [1.82, 2.24) is 0 Å². The first kappa shape index (κ1) is 46.6. The number of aliphatic hydroxyl groups excluding tert-OH is 2. The van der Waals surface area contributed by atoms with Gasteiger partial charge in [0.1, 0.15) is 0 Å². The molecule has 0 amide bonds. The Labute approximate surface area is 282 Å². The van der Waals surface area contributed by atoms with Crippen LogP contribution in [0.3, 0.4) is 0 Å². The molecule has 0 rings (SSSR count). The summed E-state index contributed by atoms with van der Waals surface area (Å²) < 4.78 is 0. The number of carboxylic acids is 2. The van der Waals surface area contributed by atoms with Gasteiger partial charge in [-0.15, -0.1) is 0 Å². The van der Waals surface area contributed by atoms with Gasteiger partial charge in [-0.3, -0.25) is 0 Å². The van der Waals surface area contributed by atoms with E-state index in [0.29, 0.717) is 0 Å². The minimum absolute atomic E-state index is 0. The SMILES string of the molecule is CCCCCC[C@@H](O)C/C=C\CCCCCCCC(=O)[O-].CCCCCC[C@@H](O)C/C=C\CCCCCCCC(=O)[O-].[Sn+2]. The maximum absolute atomic E-state index is 10.2. The summed E-state index contributed by atoms with van der Waals surface area (Å²) in [6.07, 6.45) is 34.0. The van der Waals surface area contributed by atoms with E-state index in [4.69, 9.17) is 0 Å². The Morgan fingerprint density at radius 1 is 0.512 bits per heavy atom. The fraction of sp³-hybridized carbons (Fsp3) is 0.833. The Hall–Kier alpha value is -0.861. The fourth-order valence-electron chi connectivity index (χ4n) is 4.72. The van der Waals surface area contributed by atoms with Crippen LogP contribution in [0.4, 0.5) is 0 Å². The molecular weight excluding hydrogens is 647 g/mol. The first-order valence-electron chi connectivity index (χ1n) is 17.4. The van der Waals surface area contributed by atoms with Crippen molar-refractivity contribution >= 4 is 35.8 Å². The minimum atomic E-state index is -0.939. The van der Waals surface area contributed by atoms with Crippen LogP contribution in [0, 0.1) is 0 Å². The van der Waals surface area contributed by atoms with Crippen molar-refractivity contribution in [3.63, 3.8) is 0 Å². The number of allylic oxidation sites excluding steroid dienone is 2. The molecule has 0 saturated heterocycles. The van der Waals surface area contributed by atoms with Crippen molar-refractivity contribution in [2.45, 2.75) is 193 Å². The van der Waals surface area contributed by atoms with E-state index in [9.17, 15) is 30.0 Å². The summed E-state index contributed by atoms with van der Waals surface area (Å²) in [5.74, 6) is -1.88. The van der Waals surface area contributed by atoms with E-state index in [1.807, 2.05) is 0 Å². The van der Waals surface area contributed by atoms with Gasteiger partial charge in [-0.2, -0.15) is 0 Å². The number of carbonyl (C=O) groups excluding carboxylic acids is 2. The molecule has 0 spiro atoms. The summed E-state index contributed by atoms with van der Waals surface area (Å²) in [6, 6.07) is 0. The van der Waals surface area contributed by atoms with Gasteiger partial charge in [0.15, 0.2) is 0 Å². The zero-order valence-electron chi connectivity index (χ0n) is 27.9. The van der Waals surface area contributed by atoms with Gasteiger partial charge < -0.3 is 30.0 Å². The molecule has 0 aromatic rings. The summed E-state index contributed by atoms with van der Waals surface area (Å²) in [4.78, 5) is 20.4. The van der Waals surface area contributed by atoms with Crippen molar-refractivity contribution in [3.8, 4) is 0 Å². The molecule has 0 aliphatic carbocycles. The van der Waals surface area contributed by atoms with Crippen molar-refractivity contribution < 1.29 is 30.0 Å². The Morgan fingerprint density at radius 2 is 0.837 bits per heavy atom. The van der Waals surface area contributed by atoms with Crippen LogP contribution >= 0.6 is 0 Å². The normalized spacial score (nSPS) is 12.6. The molecule has 0 fully saturated rings. The molecule has 6 nitrogen and oxygen atoms in total. The summed E-state index contributed by atoms with van der Waals surface area (Å²) in [7, 11) is 0. The summed E-state index contributed by atoms with van der Waals surface area (Å²) in [5, 5.41) is 40.0. The first-order chi connectivity index (χ1) is 20.3. The van der Waals surface area contributed by atoms with Crippen molar-refractivity contribution in [3.05, 3.63) is 24.3 Å². The second-order valence-corrected chi connectivity index (χ2v) is 11.8. The van der Waals surface area contributed by atoms with Gasteiger partial charge in [-0.05, 0) is 77.0 Å². The molecule has 2 N–H and O–H groups in total. The third-order valence-corrected chi connectivity index (χ3v) is 7.43. The zero-order valence-corrected chi connectivity index (χ0v) is 30.7. The van der Waals surface area contributed by atoms with E-state index in [0.717, 1.165) is 116 Å². The Bertz CT molecular complexity index is 583. The van der Waals surface area contributed by atoms with E-state index in [2.05, 4.69) is 38.2 Å². The van der Waals surface area contributed by atoms with E-state index < -0.39 is 11.9 Å². The van der Waals surface area contributed by atoms with Crippen molar-refractivity contribution in [1.29, 1.82) is 0 Å². The van der Waals surface area contributed by atoms with Crippen molar-refractivity contribution in [2.24, 2.45) is 0 Å². The summed E-state index contributed by atoms with van der Waals surface area (Å²) >= 11 is 0. The molecule has 250 valence electrons. The van der Waals surface area contributed by atoms with Gasteiger partial charge in [-0.25, -0.2) is 0 Å². The van der Waals surface area contributed by atoms with Crippen molar-refractivity contribution in [2.75, 3.05) is 0 Å². The van der Waals surface area contributed by atoms with Gasteiger partial charge >= 0.3 is 23.9 Å². The third kappa shape index (κ3) is 45.7. The van der Waals surface area contributed by atoms with Gasteiger partial charge in [0.2, 0.25) is 0 Å². The van der Waals surface area contributed by atoms with E-state index >= 15 is 0 Å². The number of unbranched alkanes of at least 4 members (excludes halogenated alkanes) is 16. The zero-order chi connectivity index (χ0) is 31.5. The predicted octanol–water partition coefficient (Wildman–Crippen LogP) is 7.11. The van der Waals surface area contributed by atoms with Crippen LogP contribution in [0.2, 0.25) is 0 Å². The monoisotopic (exact) mass is 714 g/mol. The summed E-state index contributed by atoms with van der Waals surface area (Å²) in [5.41, 5.74) is 0. The number of hydrogen-bond donors (Lipinski definition) is 2. The average molecular weight is 714 g/mol. The molecule has 0 heterocycles. The molecule has 43 heavy (non-hydrogen) atoms. The second-order valence-electron chi connectivity index (χ2n) is 11.8. The number of rotatable bonds is 30. The largest absolute Gasteiger partial charge is 2.00 e. The maximum Gasteiger partial charge on any atom is 2.00 e. The quantitative estimate of drug-likeness (QED) is 0.0465. The van der Waals surface area contributed by atoms with E-state index in [1.165, 1.54) is 38.5 Å². The smallest absolute Gasteiger partial charge is 0.550 e. The summed E-state index contributed by atoms with van der Waals surface area (Å²) in [6.45, 7) is 4.39. The van der Waals surface area contributed by atoms with Crippen LogP contribution in [-0.2, 0) is 9.59 Å². The molecule has 0 aromatic carbocycles. The maximum atomic E-state index is 10.2. The molecule has 0 bridgehead atoms. The fourth-order valence-corrected chi connectivity index (χ4v) is 4.72. The molecule has 0 aliphatic heterocycles. The van der Waals surface area contributed by atoms with Crippen LogP contribution in [-0.4, -0.2) is 58.3 Å². The van der Waals surface area contributed by atoms with Crippen LogP contribution in [0.25, 0.3) is 0 Å². The van der Waals surface area contributed by atoms with Gasteiger partial charge in [0.25, 0.3) is 0 Å². The molecule has 0 unspecified atom stereocenters. The Morgan fingerprint density at radius 3 is 1.19 bits per heavy atom. The molecule has 0 saturated carbocycles. The Kier molecular flexibility index (Phi) is 42.4. The van der Waals surface area contributed by atoms with Gasteiger partial charge in [0.05, 0.1) is 12.2 Å². The molecular formula is C36H66O6Sn. The number of hydrogen-bond acceptors (Lipinski definition) is 6. The standard InChI is InChI=1S/2C18H34O3.Sn/c2*1-2-3-4-11-14-17(19)15-12-9-7-5-6-8-10-13-16-18(20)21;/h2*9,12,17,19H,2-8,10-11,13-16H2,1H3,(H,20,21);/q;;+2/p-2/b2*12-9-;/t2*17-;/m11./s1. The minimum Gasteiger partial charge on any atom is -0.550 e. The molecule has 0 aromatic heterocycles. The predicted molar refractivity (Wildman–Crippen MR) is 177 cm³/mol. The Balaban J connectivity index is -0.000000727. The molecule has 7 heteroatoms. The van der Waals surface area contributed by atoms with Crippen LogP contribution < -0.4 is 10.2 Å². The number of aliphatic hydroxyl groups is 2. The van der Waals surface area contributed by atoms with Crippen LogP contribution in [0.15, 0.2) is 24.3 Å². The molecule has 2 atom stereocenters. The number of carboxylic acid groups (broad SMARTS) is 2. The van der Waals surface area contributed by atoms with E-state index in [-0.39, 0.29) is 49.0 Å². The van der Waals surface area contributed by atoms with E-state index in [1.54, 1.807) is 0 Å². The van der Waals surface area contributed by atoms with Crippen LogP contribution in [0.5, 0.6) is 0 Å². The van der Waals surface area contributed by atoms with Gasteiger partial charge in [-0.1, -0.05) is 128 Å². The average Bonchev–Trinajstić information content (AvgIpc) is 2.95. The molecule has 2 radical (unpaired) electrons. The number of carbonyl (C=O) groups is 2. The number of aliphatic carboxylic acids is 2. The second kappa shape index (κ2) is 39.2. The topological polar surface area (TPSA) is 121 Å². The van der Waals surface area contributed by atoms with Gasteiger partial charge in [0, 0.05) is 11.9 Å². The van der Waals surface area contributed by atoms with Crippen LogP contribution in [0.1, 0.15) is 181 Å². The first-order valence-corrected chi connectivity index (χ1v) is 17.4. The molecule has 0 aliphatic rings. The third-order valence-electron chi connectivity index (χ3n) is 7.43.